The van der Waals surface area contributed by atoms with Crippen molar-refractivity contribution in [2.45, 2.75) is 6.42 Å². The van der Waals surface area contributed by atoms with Crippen LogP contribution in [0, 0.1) is 0 Å². The van der Waals surface area contributed by atoms with Crippen LogP contribution in [0.3, 0.4) is 0 Å². The van der Waals surface area contributed by atoms with Gasteiger partial charge in [0.05, 0.1) is 6.42 Å². The number of nitrogens with one attached hydrogen (secondary N) is 2. The molecule has 2 N–H and O–H groups in total. The van der Waals surface area contributed by atoms with Gasteiger partial charge in [0, 0.05) is 5.02 Å². The van der Waals surface area contributed by atoms with E-state index in [1.54, 1.807) is 24.3 Å². The SMILES string of the molecule is O=C(Cc1cccc(Cl)c1)Nn1cn[nH]c1=O. The normalized spacial score (nSPS) is 10.2. The van der Waals surface area contributed by atoms with Crippen LogP contribution in [0.4, 0.5) is 0 Å². The number of rotatable bonds is 3. The molecule has 0 radical (unpaired) electrons. The van der Waals surface area contributed by atoms with E-state index < -0.39 is 5.69 Å². The fourth-order valence-corrected chi connectivity index (χ4v) is 1.55. The quantitative estimate of drug-likeness (QED) is 0.837. The molecule has 88 valence electrons. The van der Waals surface area contributed by atoms with Crippen LogP contribution in [-0.4, -0.2) is 20.8 Å². The van der Waals surface area contributed by atoms with Crippen LogP contribution in [0.25, 0.3) is 0 Å². The Labute approximate surface area is 101 Å². The average molecular weight is 253 g/mol. The first-order chi connectivity index (χ1) is 8.15. The zero-order valence-electron chi connectivity index (χ0n) is 8.68. The maximum atomic E-state index is 11.6. The summed E-state index contributed by atoms with van der Waals surface area (Å²) >= 11 is 5.79. The molecule has 1 heterocycles. The molecule has 2 rings (SSSR count). The molecule has 0 saturated carbocycles. The Morgan fingerprint density at radius 2 is 2.35 bits per heavy atom. The summed E-state index contributed by atoms with van der Waals surface area (Å²) in [4.78, 5) is 22.7. The van der Waals surface area contributed by atoms with Crippen molar-refractivity contribution in [2.24, 2.45) is 0 Å². The number of nitrogens with zero attached hydrogens (tertiary/aromatic N) is 2. The molecule has 1 aromatic carbocycles. The number of carbonyl (C=O) groups excluding carboxylic acids is 1. The summed E-state index contributed by atoms with van der Waals surface area (Å²) in [6.07, 6.45) is 1.33. The lowest BCUT2D eigenvalue weighted by atomic mass is 10.1. The van der Waals surface area contributed by atoms with E-state index in [4.69, 9.17) is 11.6 Å². The summed E-state index contributed by atoms with van der Waals surface area (Å²) in [7, 11) is 0. The second kappa shape index (κ2) is 4.84. The lowest BCUT2D eigenvalue weighted by Crippen LogP contribution is -2.31. The molecule has 0 aliphatic carbocycles. The number of benzene rings is 1. The van der Waals surface area contributed by atoms with Gasteiger partial charge in [-0.2, -0.15) is 9.77 Å². The summed E-state index contributed by atoms with van der Waals surface area (Å²) < 4.78 is 0.979. The van der Waals surface area contributed by atoms with E-state index in [0.29, 0.717) is 5.02 Å². The van der Waals surface area contributed by atoms with E-state index >= 15 is 0 Å². The minimum absolute atomic E-state index is 0.137. The lowest BCUT2D eigenvalue weighted by Gasteiger charge is -2.04. The largest absolute Gasteiger partial charge is 0.362 e. The zero-order chi connectivity index (χ0) is 12.3. The van der Waals surface area contributed by atoms with Gasteiger partial charge in [0.2, 0.25) is 5.91 Å². The first-order valence-corrected chi connectivity index (χ1v) is 5.19. The van der Waals surface area contributed by atoms with E-state index in [1.807, 2.05) is 0 Å². The van der Waals surface area contributed by atoms with Gasteiger partial charge in [0.1, 0.15) is 6.33 Å². The zero-order valence-corrected chi connectivity index (χ0v) is 9.44. The van der Waals surface area contributed by atoms with Gasteiger partial charge in [0.15, 0.2) is 0 Å². The standard InChI is InChI=1S/C10H9ClN4O2/c11-8-3-1-2-7(4-8)5-9(16)14-15-6-12-13-10(15)17/h1-4,6H,5H2,(H,13,17)(H,14,16). The van der Waals surface area contributed by atoms with Gasteiger partial charge in [0.25, 0.3) is 0 Å². The summed E-state index contributed by atoms with van der Waals surface area (Å²) in [5.41, 5.74) is 2.66. The van der Waals surface area contributed by atoms with Crippen LogP contribution in [0.2, 0.25) is 5.02 Å². The predicted molar refractivity (Wildman–Crippen MR) is 62.4 cm³/mol. The molecule has 7 heteroatoms. The van der Waals surface area contributed by atoms with Crippen molar-refractivity contribution in [2.75, 3.05) is 5.43 Å². The topological polar surface area (TPSA) is 79.8 Å². The van der Waals surface area contributed by atoms with Crippen LogP contribution in [-0.2, 0) is 11.2 Å². The second-order valence-corrected chi connectivity index (χ2v) is 3.81. The highest BCUT2D eigenvalue weighted by atomic mass is 35.5. The number of aromatic nitrogens is 3. The minimum Gasteiger partial charge on any atom is -0.273 e. The average Bonchev–Trinajstić information content (AvgIpc) is 2.64. The van der Waals surface area contributed by atoms with Crippen molar-refractivity contribution in [1.82, 2.24) is 14.9 Å². The summed E-state index contributed by atoms with van der Waals surface area (Å²) in [6.45, 7) is 0. The highest BCUT2D eigenvalue weighted by Gasteiger charge is 2.05. The Balaban J connectivity index is 2.03. The van der Waals surface area contributed by atoms with Gasteiger partial charge in [-0.05, 0) is 17.7 Å². The third-order valence-corrected chi connectivity index (χ3v) is 2.29. The number of hydrogen-bond acceptors (Lipinski definition) is 3. The van der Waals surface area contributed by atoms with E-state index in [-0.39, 0.29) is 12.3 Å². The van der Waals surface area contributed by atoms with Crippen LogP contribution < -0.4 is 11.1 Å². The van der Waals surface area contributed by atoms with Crippen molar-refractivity contribution in [3.8, 4) is 0 Å². The molecule has 0 aliphatic heterocycles. The second-order valence-electron chi connectivity index (χ2n) is 3.37. The third kappa shape index (κ3) is 2.94. The lowest BCUT2D eigenvalue weighted by molar-refractivity contribution is -0.116. The van der Waals surface area contributed by atoms with Crippen molar-refractivity contribution < 1.29 is 4.79 Å². The van der Waals surface area contributed by atoms with Gasteiger partial charge in [-0.15, -0.1) is 0 Å². The molecular formula is C10H9ClN4O2. The van der Waals surface area contributed by atoms with Crippen molar-refractivity contribution in [3.63, 3.8) is 0 Å². The molecule has 0 unspecified atom stereocenters. The summed E-state index contributed by atoms with van der Waals surface area (Å²) in [5, 5.41) is 6.22. The number of aromatic amines is 1. The molecule has 1 aromatic heterocycles. The fourth-order valence-electron chi connectivity index (χ4n) is 1.33. The monoisotopic (exact) mass is 252 g/mol. The number of carbonyl (C=O) groups is 1. The molecule has 1 amide bonds. The van der Waals surface area contributed by atoms with Crippen molar-refractivity contribution in [1.29, 1.82) is 0 Å². The van der Waals surface area contributed by atoms with Crippen molar-refractivity contribution >= 4 is 17.5 Å². The predicted octanol–water partition coefficient (Wildman–Crippen LogP) is 0.538. The van der Waals surface area contributed by atoms with Crippen LogP contribution in [0.1, 0.15) is 5.56 Å². The first kappa shape index (κ1) is 11.4. The number of amides is 1. The third-order valence-electron chi connectivity index (χ3n) is 2.05. The molecule has 0 atom stereocenters. The number of halogens is 1. The Morgan fingerprint density at radius 3 is 3.00 bits per heavy atom. The Morgan fingerprint density at radius 1 is 1.53 bits per heavy atom. The molecule has 0 aliphatic rings. The van der Waals surface area contributed by atoms with Crippen molar-refractivity contribution in [3.05, 3.63) is 51.7 Å². The van der Waals surface area contributed by atoms with Crippen LogP contribution >= 0.6 is 11.6 Å². The van der Waals surface area contributed by atoms with Gasteiger partial charge < -0.3 is 0 Å². The van der Waals surface area contributed by atoms with Gasteiger partial charge in [-0.1, -0.05) is 23.7 Å². The smallest absolute Gasteiger partial charge is 0.273 e. The van der Waals surface area contributed by atoms with Crippen LogP contribution in [0.5, 0.6) is 0 Å². The van der Waals surface area contributed by atoms with E-state index in [0.717, 1.165) is 10.2 Å². The molecule has 6 nitrogen and oxygen atoms in total. The van der Waals surface area contributed by atoms with Gasteiger partial charge in [-0.3, -0.25) is 10.2 Å². The summed E-state index contributed by atoms with van der Waals surface area (Å²) in [6, 6.07) is 6.96. The van der Waals surface area contributed by atoms with E-state index in [9.17, 15) is 9.59 Å². The molecular weight excluding hydrogens is 244 g/mol. The molecule has 0 bridgehead atoms. The number of H-pyrrole nitrogens is 1. The van der Waals surface area contributed by atoms with Gasteiger partial charge in [-0.25, -0.2) is 9.89 Å². The number of hydrogen-bond donors (Lipinski definition) is 2. The molecule has 0 fully saturated rings. The van der Waals surface area contributed by atoms with Crippen LogP contribution in [0.15, 0.2) is 35.4 Å². The maximum Gasteiger partial charge on any atom is 0.362 e. The van der Waals surface area contributed by atoms with E-state index in [2.05, 4.69) is 15.6 Å². The van der Waals surface area contributed by atoms with E-state index in [1.165, 1.54) is 6.33 Å². The Kier molecular flexibility index (Phi) is 3.24. The molecule has 17 heavy (non-hydrogen) atoms. The molecule has 2 aromatic rings. The molecule has 0 spiro atoms. The highest BCUT2D eigenvalue weighted by Crippen LogP contribution is 2.10. The first-order valence-electron chi connectivity index (χ1n) is 4.81. The maximum absolute atomic E-state index is 11.6. The Hall–Kier alpha value is -2.08. The molecule has 0 saturated heterocycles. The minimum atomic E-state index is -0.496. The fraction of sp³-hybridized carbons (Fsp3) is 0.100. The highest BCUT2D eigenvalue weighted by molar-refractivity contribution is 6.30. The Bertz CT molecular complexity index is 590. The summed E-state index contributed by atoms with van der Waals surface area (Å²) in [5.74, 6) is -0.323. The van der Waals surface area contributed by atoms with Gasteiger partial charge >= 0.3 is 5.69 Å².